The van der Waals surface area contributed by atoms with Gasteiger partial charge in [0.2, 0.25) is 0 Å². The van der Waals surface area contributed by atoms with Gasteiger partial charge in [-0.2, -0.15) is 0 Å². The second-order valence-electron chi connectivity index (χ2n) is 14.5. The Bertz CT molecular complexity index is 3050. The lowest BCUT2D eigenvalue weighted by atomic mass is 9.83. The molecular weight excluding hydrogens is 695 g/mol. The van der Waals surface area contributed by atoms with Crippen molar-refractivity contribution in [3.05, 3.63) is 212 Å². The molecule has 0 aliphatic carbocycles. The fourth-order valence-electron chi connectivity index (χ4n) is 8.66. The smallest absolute Gasteiger partial charge is 0.0601 e. The molecule has 0 amide bonds. The Hall–Kier alpha value is -6.87. The maximum absolute atomic E-state index is 2.45. The summed E-state index contributed by atoms with van der Waals surface area (Å²) in [6.07, 6.45) is 0. The molecule has 1 heterocycles. The van der Waals surface area contributed by atoms with E-state index >= 15 is 0 Å². The van der Waals surface area contributed by atoms with Crippen LogP contribution in [0.1, 0.15) is 0 Å². The maximum Gasteiger partial charge on any atom is 0.0601 e. The van der Waals surface area contributed by atoms with E-state index in [2.05, 4.69) is 217 Å². The number of para-hydroxylation sites is 2. The summed E-state index contributed by atoms with van der Waals surface area (Å²) in [6.45, 7) is 0. The van der Waals surface area contributed by atoms with Gasteiger partial charge in [0.05, 0.1) is 11.4 Å². The van der Waals surface area contributed by atoms with Crippen LogP contribution in [-0.2, 0) is 0 Å². The Balaban J connectivity index is 1.23. The molecule has 1 aliphatic rings. The lowest BCUT2D eigenvalue weighted by molar-refractivity contribution is 1.17. The summed E-state index contributed by atoms with van der Waals surface area (Å²) in [7, 11) is 0. The Morgan fingerprint density at radius 1 is 0.304 bits per heavy atom. The minimum Gasteiger partial charge on any atom is -0.308 e. The molecule has 0 saturated carbocycles. The van der Waals surface area contributed by atoms with Crippen LogP contribution in [0.3, 0.4) is 0 Å². The lowest BCUT2D eigenvalue weighted by Crippen LogP contribution is -2.14. The number of anilines is 3. The number of hydrogen-bond donors (Lipinski definition) is 0. The highest BCUT2D eigenvalue weighted by atomic mass is 32.2. The third-order valence-electron chi connectivity index (χ3n) is 11.2. The minimum absolute atomic E-state index is 1.15. The molecule has 0 radical (unpaired) electrons. The van der Waals surface area contributed by atoms with Crippen LogP contribution in [0.25, 0.3) is 76.8 Å². The first-order chi connectivity index (χ1) is 27.8. The van der Waals surface area contributed by atoms with Gasteiger partial charge < -0.3 is 4.90 Å². The number of nitrogens with zero attached hydrogens (tertiary/aromatic N) is 1. The Labute approximate surface area is 331 Å². The zero-order valence-electron chi connectivity index (χ0n) is 30.6. The average molecular weight is 730 g/mol. The SMILES string of the molecule is c1ccc(-c2cc3ccccc3cc2-c2ccc3c(c2)c(-c2ccccc2)c(-c2ccccc2)c2cc(N4c5ccccc5Sc5ccccc54)ccc23)cc1. The third-order valence-corrected chi connectivity index (χ3v) is 12.3. The molecule has 56 heavy (non-hydrogen) atoms. The first-order valence-corrected chi connectivity index (χ1v) is 20.0. The largest absolute Gasteiger partial charge is 0.308 e. The quantitative estimate of drug-likeness (QED) is 0.162. The summed E-state index contributed by atoms with van der Waals surface area (Å²) in [5, 5.41) is 7.43. The van der Waals surface area contributed by atoms with Crippen LogP contribution >= 0.6 is 11.8 Å². The van der Waals surface area contributed by atoms with E-state index < -0.39 is 0 Å². The molecule has 10 aromatic rings. The van der Waals surface area contributed by atoms with Gasteiger partial charge in [-0.1, -0.05) is 169 Å². The molecule has 0 aromatic heterocycles. The molecule has 0 saturated heterocycles. The minimum atomic E-state index is 1.15. The van der Waals surface area contributed by atoms with E-state index in [-0.39, 0.29) is 0 Å². The van der Waals surface area contributed by atoms with Crippen molar-refractivity contribution in [2.24, 2.45) is 0 Å². The van der Waals surface area contributed by atoms with Crippen LogP contribution in [0.4, 0.5) is 17.1 Å². The summed E-state index contributed by atoms with van der Waals surface area (Å²) < 4.78 is 0. The summed E-state index contributed by atoms with van der Waals surface area (Å²) in [5.74, 6) is 0. The lowest BCUT2D eigenvalue weighted by Gasteiger charge is -2.33. The van der Waals surface area contributed by atoms with Crippen molar-refractivity contribution >= 4 is 61.1 Å². The van der Waals surface area contributed by atoms with Gasteiger partial charge in [0, 0.05) is 15.5 Å². The standard InChI is InChI=1S/C54H35NS/c1-4-16-36(17-5-1)45-32-39-22-10-11-23-40(39)33-46(45)41-28-30-43-44-31-29-42(55-49-24-12-14-26-51(49)56-52-27-15-13-25-50(52)55)35-48(44)54(38-20-8-3-9-21-38)53(47(43)34-41)37-18-6-2-7-19-37/h1-35H. The highest BCUT2D eigenvalue weighted by Crippen LogP contribution is 2.53. The number of benzene rings is 10. The van der Waals surface area contributed by atoms with Crippen LogP contribution in [-0.4, -0.2) is 0 Å². The van der Waals surface area contributed by atoms with E-state index in [1.807, 2.05) is 11.8 Å². The normalized spacial score (nSPS) is 12.2. The van der Waals surface area contributed by atoms with Crippen molar-refractivity contribution in [3.8, 4) is 44.5 Å². The molecule has 2 heteroatoms. The van der Waals surface area contributed by atoms with Gasteiger partial charge in [0.15, 0.2) is 0 Å². The first-order valence-electron chi connectivity index (χ1n) is 19.2. The van der Waals surface area contributed by atoms with Crippen molar-refractivity contribution in [1.82, 2.24) is 0 Å². The van der Waals surface area contributed by atoms with Crippen molar-refractivity contribution in [3.63, 3.8) is 0 Å². The molecule has 262 valence electrons. The molecule has 11 rings (SSSR count). The molecule has 1 nitrogen and oxygen atoms in total. The fraction of sp³-hybridized carbons (Fsp3) is 0. The Morgan fingerprint density at radius 2 is 0.750 bits per heavy atom. The average Bonchev–Trinajstić information content (AvgIpc) is 3.27. The Kier molecular flexibility index (Phi) is 7.82. The van der Waals surface area contributed by atoms with Gasteiger partial charge in [-0.05, 0) is 131 Å². The zero-order valence-corrected chi connectivity index (χ0v) is 31.4. The van der Waals surface area contributed by atoms with Crippen molar-refractivity contribution in [1.29, 1.82) is 0 Å². The van der Waals surface area contributed by atoms with Crippen LogP contribution in [0.2, 0.25) is 0 Å². The maximum atomic E-state index is 2.45. The molecule has 1 aliphatic heterocycles. The van der Waals surface area contributed by atoms with Gasteiger partial charge in [-0.15, -0.1) is 0 Å². The predicted octanol–water partition coefficient (Wildman–Crippen LogP) is 15.7. The monoisotopic (exact) mass is 729 g/mol. The van der Waals surface area contributed by atoms with Gasteiger partial charge in [-0.3, -0.25) is 0 Å². The van der Waals surface area contributed by atoms with Crippen molar-refractivity contribution in [2.45, 2.75) is 9.79 Å². The topological polar surface area (TPSA) is 3.24 Å². The van der Waals surface area contributed by atoms with E-state index in [1.54, 1.807) is 0 Å². The highest BCUT2D eigenvalue weighted by Gasteiger charge is 2.26. The molecule has 0 N–H and O–H groups in total. The van der Waals surface area contributed by atoms with Crippen LogP contribution in [0.5, 0.6) is 0 Å². The van der Waals surface area contributed by atoms with Crippen molar-refractivity contribution < 1.29 is 0 Å². The van der Waals surface area contributed by atoms with E-state index in [4.69, 9.17) is 0 Å². The van der Waals surface area contributed by atoms with E-state index in [0.29, 0.717) is 0 Å². The zero-order chi connectivity index (χ0) is 37.0. The van der Waals surface area contributed by atoms with Gasteiger partial charge >= 0.3 is 0 Å². The number of rotatable bonds is 5. The van der Waals surface area contributed by atoms with Gasteiger partial charge in [0.1, 0.15) is 0 Å². The van der Waals surface area contributed by atoms with Gasteiger partial charge in [-0.25, -0.2) is 0 Å². The molecule has 0 spiro atoms. The van der Waals surface area contributed by atoms with E-state index in [9.17, 15) is 0 Å². The molecule has 0 atom stereocenters. The number of hydrogen-bond acceptors (Lipinski definition) is 2. The summed E-state index contributed by atoms with van der Waals surface area (Å²) >= 11 is 1.84. The highest BCUT2D eigenvalue weighted by molar-refractivity contribution is 7.99. The van der Waals surface area contributed by atoms with Gasteiger partial charge in [0.25, 0.3) is 0 Å². The molecular formula is C54H35NS. The summed E-state index contributed by atoms with van der Waals surface area (Å²) in [4.78, 5) is 4.96. The van der Waals surface area contributed by atoms with Crippen LogP contribution < -0.4 is 4.90 Å². The second-order valence-corrected chi connectivity index (χ2v) is 15.5. The second kappa shape index (κ2) is 13.5. The van der Waals surface area contributed by atoms with Crippen LogP contribution in [0.15, 0.2) is 222 Å². The predicted molar refractivity (Wildman–Crippen MR) is 240 cm³/mol. The van der Waals surface area contributed by atoms with E-state index in [0.717, 1.165) is 5.69 Å². The first kappa shape index (κ1) is 32.6. The molecule has 10 aromatic carbocycles. The van der Waals surface area contributed by atoms with Crippen molar-refractivity contribution in [2.75, 3.05) is 4.90 Å². The Morgan fingerprint density at radius 3 is 1.32 bits per heavy atom. The third kappa shape index (κ3) is 5.41. The molecule has 0 unspecified atom stereocenters. The number of fused-ring (bicyclic) bond motifs is 6. The van der Waals surface area contributed by atoms with Crippen LogP contribution in [0, 0.1) is 0 Å². The van der Waals surface area contributed by atoms with E-state index in [1.165, 1.54) is 98.0 Å². The fourth-order valence-corrected chi connectivity index (χ4v) is 9.72. The summed E-state index contributed by atoms with van der Waals surface area (Å²) in [5.41, 5.74) is 13.3. The summed E-state index contributed by atoms with van der Waals surface area (Å²) in [6, 6.07) is 77.9. The molecule has 0 bridgehead atoms. The molecule has 0 fully saturated rings.